The third-order valence-electron chi connectivity index (χ3n) is 6.91. The molecule has 5 aliphatic carbocycles. The maximum absolute atomic E-state index is 13.0. The minimum atomic E-state index is -0.612. The monoisotopic (exact) mass is 359 g/mol. The van der Waals surface area contributed by atoms with Gasteiger partial charge in [-0.3, -0.25) is 14.4 Å². The summed E-state index contributed by atoms with van der Waals surface area (Å²) in [6.07, 6.45) is 9.32. The van der Waals surface area contributed by atoms with Crippen molar-refractivity contribution < 1.29 is 14.4 Å². The largest absolute Gasteiger partial charge is 0.344 e. The lowest BCUT2D eigenvalue weighted by atomic mass is 9.49. The highest BCUT2D eigenvalue weighted by Gasteiger charge is 2.54. The molecule has 26 heavy (non-hydrogen) atoms. The fraction of sp³-hybridized carbons (Fsp3) is 0.800. The Morgan fingerprint density at radius 1 is 1.08 bits per heavy atom. The van der Waals surface area contributed by atoms with Gasteiger partial charge in [0.15, 0.2) is 0 Å². The molecule has 4 bridgehead atoms. The van der Waals surface area contributed by atoms with E-state index in [0.29, 0.717) is 30.6 Å². The molecule has 5 rings (SSSR count). The summed E-state index contributed by atoms with van der Waals surface area (Å²) in [7, 11) is 0. The predicted octanol–water partition coefficient (Wildman–Crippen LogP) is 2.32. The van der Waals surface area contributed by atoms with E-state index in [9.17, 15) is 14.4 Å². The first kappa shape index (κ1) is 17.7. The van der Waals surface area contributed by atoms with Gasteiger partial charge in [0.1, 0.15) is 11.8 Å². The average molecular weight is 359 g/mol. The zero-order chi connectivity index (χ0) is 18.3. The predicted molar refractivity (Wildman–Crippen MR) is 97.3 cm³/mol. The average Bonchev–Trinajstić information content (AvgIpc) is 2.58. The number of rotatable bonds is 4. The van der Waals surface area contributed by atoms with Crippen LogP contribution in [0.4, 0.5) is 0 Å². The number of hydrogen-bond acceptors (Lipinski definition) is 4. The molecule has 0 aromatic heterocycles. The summed E-state index contributed by atoms with van der Waals surface area (Å²) in [4.78, 5) is 36.8. The Morgan fingerprint density at radius 2 is 1.69 bits per heavy atom. The topological polar surface area (TPSA) is 87.6 Å². The van der Waals surface area contributed by atoms with Crippen molar-refractivity contribution in [2.24, 2.45) is 28.3 Å². The highest BCUT2D eigenvalue weighted by molar-refractivity contribution is 6.04. The van der Waals surface area contributed by atoms with Crippen LogP contribution < -0.4 is 10.7 Å². The molecule has 0 aromatic rings. The van der Waals surface area contributed by atoms with Gasteiger partial charge in [-0.2, -0.15) is 5.10 Å². The molecule has 142 valence electrons. The van der Waals surface area contributed by atoms with E-state index >= 15 is 0 Å². The van der Waals surface area contributed by atoms with E-state index in [0.717, 1.165) is 37.8 Å². The molecule has 6 nitrogen and oxygen atoms in total. The number of hydrazone groups is 1. The van der Waals surface area contributed by atoms with Crippen LogP contribution in [0, 0.1) is 23.2 Å². The summed E-state index contributed by atoms with van der Waals surface area (Å²) in [5, 5.41) is 7.05. The van der Waals surface area contributed by atoms with E-state index in [1.165, 1.54) is 19.3 Å². The van der Waals surface area contributed by atoms with Gasteiger partial charge in [-0.25, -0.2) is 5.43 Å². The fourth-order valence-electron chi connectivity index (χ4n) is 6.02. The molecule has 2 N–H and O–H groups in total. The quantitative estimate of drug-likeness (QED) is 0.755. The van der Waals surface area contributed by atoms with Crippen LogP contribution >= 0.6 is 0 Å². The zero-order valence-electron chi connectivity index (χ0n) is 15.6. The second-order valence-electron chi connectivity index (χ2n) is 9.12. The number of carbonyl (C=O) groups is 3. The Morgan fingerprint density at radius 3 is 2.27 bits per heavy atom. The van der Waals surface area contributed by atoms with Crippen molar-refractivity contribution in [3.05, 3.63) is 0 Å². The summed E-state index contributed by atoms with van der Waals surface area (Å²) in [5.41, 5.74) is 3.02. The van der Waals surface area contributed by atoms with E-state index in [1.807, 2.05) is 0 Å². The first-order valence-electron chi connectivity index (χ1n) is 10.1. The van der Waals surface area contributed by atoms with Crippen molar-refractivity contribution in [2.75, 3.05) is 0 Å². The van der Waals surface area contributed by atoms with Crippen LogP contribution in [0.15, 0.2) is 5.10 Å². The van der Waals surface area contributed by atoms with E-state index in [4.69, 9.17) is 0 Å². The smallest absolute Gasteiger partial charge is 0.262 e. The molecule has 2 amide bonds. The van der Waals surface area contributed by atoms with Crippen LogP contribution in [0.25, 0.3) is 0 Å². The normalized spacial score (nSPS) is 38.3. The molecule has 0 unspecified atom stereocenters. The van der Waals surface area contributed by atoms with Gasteiger partial charge in [0, 0.05) is 24.0 Å². The lowest BCUT2D eigenvalue weighted by Crippen LogP contribution is -2.56. The van der Waals surface area contributed by atoms with Crippen LogP contribution in [-0.2, 0) is 14.4 Å². The first-order valence-corrected chi connectivity index (χ1v) is 10.1. The third kappa shape index (κ3) is 3.42. The van der Waals surface area contributed by atoms with Gasteiger partial charge in [-0.05, 0) is 76.0 Å². The number of carbonyl (C=O) groups excluding carboxylic acids is 3. The number of nitrogens with zero attached hydrogens (tertiary/aromatic N) is 1. The molecule has 5 fully saturated rings. The zero-order valence-corrected chi connectivity index (χ0v) is 15.6. The van der Waals surface area contributed by atoms with Gasteiger partial charge in [-0.15, -0.1) is 0 Å². The lowest BCUT2D eigenvalue weighted by molar-refractivity contribution is -0.148. The molecular formula is C20H29N3O3. The molecule has 0 aliphatic heterocycles. The summed E-state index contributed by atoms with van der Waals surface area (Å²) in [5.74, 6) is 2.02. The van der Waals surface area contributed by atoms with E-state index in [2.05, 4.69) is 15.8 Å². The number of hydrogen-bond donors (Lipinski definition) is 2. The van der Waals surface area contributed by atoms with E-state index < -0.39 is 6.04 Å². The molecule has 0 radical (unpaired) electrons. The van der Waals surface area contributed by atoms with E-state index in [1.54, 1.807) is 6.92 Å². The van der Waals surface area contributed by atoms with Crippen LogP contribution in [0.3, 0.4) is 0 Å². The number of ketones is 1. The van der Waals surface area contributed by atoms with Gasteiger partial charge in [0.25, 0.3) is 5.91 Å². The third-order valence-corrected chi connectivity index (χ3v) is 6.91. The second kappa shape index (κ2) is 6.78. The van der Waals surface area contributed by atoms with Gasteiger partial charge in [-0.1, -0.05) is 0 Å². The Bertz CT molecular complexity index is 619. The Kier molecular flexibility index (Phi) is 4.61. The van der Waals surface area contributed by atoms with Crippen LogP contribution in [0.5, 0.6) is 0 Å². The molecule has 6 heteroatoms. The molecule has 5 saturated carbocycles. The second-order valence-corrected chi connectivity index (χ2v) is 9.12. The van der Waals surface area contributed by atoms with Crippen molar-refractivity contribution in [3.8, 4) is 0 Å². The van der Waals surface area contributed by atoms with E-state index in [-0.39, 0.29) is 23.0 Å². The van der Waals surface area contributed by atoms with Crippen molar-refractivity contribution in [3.63, 3.8) is 0 Å². The molecule has 0 aromatic carbocycles. The summed E-state index contributed by atoms with van der Waals surface area (Å²) < 4.78 is 0. The SMILES string of the molecule is C[C@@H](NC(=O)C12CC3CC(CC(C3)C1)C2)C(=O)N/N=C1/CCCC(=O)C1. The summed E-state index contributed by atoms with van der Waals surface area (Å²) in [6.45, 7) is 1.71. The van der Waals surface area contributed by atoms with Gasteiger partial charge < -0.3 is 5.32 Å². The van der Waals surface area contributed by atoms with Gasteiger partial charge >= 0.3 is 0 Å². The van der Waals surface area contributed by atoms with Crippen LogP contribution in [-0.4, -0.2) is 29.4 Å². The molecule has 0 spiro atoms. The number of Topliss-reactive ketones (excluding diaryl/α,β-unsaturated/α-hetero) is 1. The van der Waals surface area contributed by atoms with Crippen molar-refractivity contribution in [1.82, 2.24) is 10.7 Å². The number of nitrogens with one attached hydrogen (secondary N) is 2. The van der Waals surface area contributed by atoms with Crippen molar-refractivity contribution in [1.29, 1.82) is 0 Å². The minimum Gasteiger partial charge on any atom is -0.344 e. The Labute approximate surface area is 154 Å². The highest BCUT2D eigenvalue weighted by atomic mass is 16.2. The summed E-state index contributed by atoms with van der Waals surface area (Å²) >= 11 is 0. The Hall–Kier alpha value is -1.72. The highest BCUT2D eigenvalue weighted by Crippen LogP contribution is 2.60. The molecule has 0 saturated heterocycles. The van der Waals surface area contributed by atoms with Crippen molar-refractivity contribution in [2.45, 2.75) is 77.2 Å². The van der Waals surface area contributed by atoms with Crippen LogP contribution in [0.1, 0.15) is 71.1 Å². The molecule has 0 heterocycles. The Balaban J connectivity index is 1.33. The molecular weight excluding hydrogens is 330 g/mol. The number of amides is 2. The molecule has 5 aliphatic rings. The minimum absolute atomic E-state index is 0.0553. The van der Waals surface area contributed by atoms with Crippen LogP contribution in [0.2, 0.25) is 0 Å². The lowest BCUT2D eigenvalue weighted by Gasteiger charge is -2.55. The van der Waals surface area contributed by atoms with Gasteiger partial charge in [0.05, 0.1) is 0 Å². The summed E-state index contributed by atoms with van der Waals surface area (Å²) in [6, 6.07) is -0.612. The first-order chi connectivity index (χ1) is 12.4. The molecule has 1 atom stereocenters. The fourth-order valence-corrected chi connectivity index (χ4v) is 6.02. The maximum atomic E-state index is 13.0. The van der Waals surface area contributed by atoms with Gasteiger partial charge in [0.2, 0.25) is 5.91 Å². The standard InChI is InChI=1S/C20H29N3O3/c1-12(18(25)23-22-16-3-2-4-17(24)8-16)21-19(26)20-9-13-5-14(10-20)7-15(6-13)11-20/h12-15H,2-11H2,1H3,(H,21,26)(H,23,25)/b22-16-/t12-,13?,14?,15?,20?/m1/s1. The van der Waals surface area contributed by atoms with Crippen molar-refractivity contribution >= 4 is 23.3 Å². The maximum Gasteiger partial charge on any atom is 0.262 e.